The van der Waals surface area contributed by atoms with Crippen molar-refractivity contribution in [3.05, 3.63) is 77.4 Å². The SMILES string of the molecule is COc1ccc2cc1OCC(=O)NCc1ccc(c(OC)c1)O[C@H]1CN(C(=O)c3cccc(N(C)C)c3)C[C@@H]1NC2=O. The van der Waals surface area contributed by atoms with Crippen molar-refractivity contribution in [2.45, 2.75) is 18.7 Å². The Hall–Kier alpha value is -4.93. The van der Waals surface area contributed by atoms with Crippen molar-refractivity contribution >= 4 is 23.4 Å². The molecule has 1 fully saturated rings. The van der Waals surface area contributed by atoms with Crippen LogP contribution in [0.5, 0.6) is 23.0 Å². The number of hydrogen-bond acceptors (Lipinski definition) is 8. The Morgan fingerprint density at radius 3 is 2.52 bits per heavy atom. The Kier molecular flexibility index (Phi) is 8.37. The maximum absolute atomic E-state index is 13.6. The third-order valence-electron chi connectivity index (χ3n) is 7.26. The first-order chi connectivity index (χ1) is 20.2. The fourth-order valence-corrected chi connectivity index (χ4v) is 4.96. The van der Waals surface area contributed by atoms with Crippen molar-refractivity contribution in [2.24, 2.45) is 0 Å². The maximum Gasteiger partial charge on any atom is 0.258 e. The first-order valence-electron chi connectivity index (χ1n) is 13.5. The van der Waals surface area contributed by atoms with Crippen LogP contribution in [-0.4, -0.2) is 82.8 Å². The standard InChI is InChI=1S/C31H34N4O7/c1-34(2)22-7-5-6-21(13-22)31(38)35-16-23-28(17-35)42-25-10-8-19(12-26(25)40-4)15-32-29(36)18-41-27-14-20(30(37)33-23)9-11-24(27)39-3/h5-14,23,28H,15-18H2,1-4H3,(H,32,36)(H,33,37)/t23-,28-/m0/s1. The Bertz CT molecular complexity index is 1490. The van der Waals surface area contributed by atoms with Gasteiger partial charge in [-0.3, -0.25) is 14.4 Å². The summed E-state index contributed by atoms with van der Waals surface area (Å²) in [6.07, 6.45) is -0.570. The number of benzene rings is 3. The molecule has 42 heavy (non-hydrogen) atoms. The van der Waals surface area contributed by atoms with Gasteiger partial charge in [0.05, 0.1) is 26.8 Å². The quantitative estimate of drug-likeness (QED) is 0.488. The molecule has 0 unspecified atom stereocenters. The summed E-state index contributed by atoms with van der Waals surface area (Å²) < 4.78 is 23.1. The van der Waals surface area contributed by atoms with Gasteiger partial charge in [-0.1, -0.05) is 12.1 Å². The minimum absolute atomic E-state index is 0.163. The Morgan fingerprint density at radius 1 is 0.952 bits per heavy atom. The van der Waals surface area contributed by atoms with E-state index >= 15 is 0 Å². The first-order valence-corrected chi connectivity index (χ1v) is 13.5. The molecule has 0 saturated carbocycles. The molecule has 3 heterocycles. The normalized spacial score (nSPS) is 18.5. The largest absolute Gasteiger partial charge is 0.493 e. The first kappa shape index (κ1) is 28.6. The topological polar surface area (TPSA) is 119 Å². The average Bonchev–Trinajstić information content (AvgIpc) is 3.40. The zero-order valence-electron chi connectivity index (χ0n) is 24.0. The highest BCUT2D eigenvalue weighted by Crippen LogP contribution is 2.32. The summed E-state index contributed by atoms with van der Waals surface area (Å²) in [6, 6.07) is 17.0. The van der Waals surface area contributed by atoms with Crippen molar-refractivity contribution in [3.63, 3.8) is 0 Å². The molecule has 3 amide bonds. The van der Waals surface area contributed by atoms with E-state index in [1.54, 1.807) is 35.2 Å². The number of nitrogens with zero attached hydrogens (tertiary/aromatic N) is 2. The predicted octanol–water partition coefficient (Wildman–Crippen LogP) is 2.48. The zero-order valence-corrected chi connectivity index (χ0v) is 24.0. The van der Waals surface area contributed by atoms with Gasteiger partial charge < -0.3 is 39.4 Å². The van der Waals surface area contributed by atoms with Gasteiger partial charge in [-0.2, -0.15) is 0 Å². The highest BCUT2D eigenvalue weighted by Gasteiger charge is 2.39. The molecule has 3 aliphatic heterocycles. The molecule has 3 aromatic carbocycles. The Labute approximate surface area is 244 Å². The Morgan fingerprint density at radius 2 is 1.76 bits per heavy atom. The highest BCUT2D eigenvalue weighted by molar-refractivity contribution is 5.97. The number of methoxy groups -OCH3 is 2. The minimum Gasteiger partial charge on any atom is -0.493 e. The van der Waals surface area contributed by atoms with Crippen LogP contribution in [0.15, 0.2) is 60.7 Å². The van der Waals surface area contributed by atoms with E-state index in [0.29, 0.717) is 28.4 Å². The van der Waals surface area contributed by atoms with E-state index in [-0.39, 0.29) is 49.7 Å². The number of hydrogen-bond donors (Lipinski definition) is 2. The van der Waals surface area contributed by atoms with Gasteiger partial charge in [-0.05, 0) is 54.1 Å². The lowest BCUT2D eigenvalue weighted by molar-refractivity contribution is -0.123. The van der Waals surface area contributed by atoms with Gasteiger partial charge in [-0.25, -0.2) is 0 Å². The molecule has 2 atom stereocenters. The molecule has 0 aromatic heterocycles. The summed E-state index contributed by atoms with van der Waals surface area (Å²) in [5, 5.41) is 5.85. The van der Waals surface area contributed by atoms with Gasteiger partial charge in [0.25, 0.3) is 17.7 Å². The smallest absolute Gasteiger partial charge is 0.258 e. The molecule has 3 aromatic rings. The van der Waals surface area contributed by atoms with E-state index in [2.05, 4.69) is 10.6 Å². The maximum atomic E-state index is 13.6. The molecule has 11 heteroatoms. The number of likely N-dealkylation sites (tertiary alicyclic amines) is 1. The average molecular weight is 575 g/mol. The van der Waals surface area contributed by atoms with E-state index in [1.165, 1.54) is 20.3 Å². The lowest BCUT2D eigenvalue weighted by Gasteiger charge is -2.22. The molecule has 0 aliphatic carbocycles. The van der Waals surface area contributed by atoms with Crippen molar-refractivity contribution < 1.29 is 33.3 Å². The number of carbonyl (C=O) groups excluding carboxylic acids is 3. The van der Waals surface area contributed by atoms with Crippen LogP contribution >= 0.6 is 0 Å². The molecule has 0 spiro atoms. The van der Waals surface area contributed by atoms with E-state index < -0.39 is 12.1 Å². The van der Waals surface area contributed by atoms with Crippen LogP contribution in [-0.2, 0) is 11.3 Å². The van der Waals surface area contributed by atoms with E-state index in [9.17, 15) is 14.4 Å². The summed E-state index contributed by atoms with van der Waals surface area (Å²) in [4.78, 5) is 43.2. The number of carbonyl (C=O) groups is 3. The number of ether oxygens (including phenoxy) is 4. The molecule has 2 N–H and O–H groups in total. The van der Waals surface area contributed by atoms with Crippen LogP contribution in [0.3, 0.4) is 0 Å². The molecular formula is C31H34N4O7. The Balaban J connectivity index is 1.48. The predicted molar refractivity (Wildman–Crippen MR) is 156 cm³/mol. The van der Waals surface area contributed by atoms with Crippen LogP contribution < -0.4 is 34.5 Å². The van der Waals surface area contributed by atoms with Crippen LogP contribution in [0.2, 0.25) is 0 Å². The minimum atomic E-state index is -0.570. The van der Waals surface area contributed by atoms with Crippen molar-refractivity contribution in [2.75, 3.05) is 52.9 Å². The van der Waals surface area contributed by atoms with E-state index in [4.69, 9.17) is 18.9 Å². The number of fused-ring (bicyclic) bond motifs is 7. The molecule has 11 nitrogen and oxygen atoms in total. The van der Waals surface area contributed by atoms with Crippen LogP contribution in [0.1, 0.15) is 26.3 Å². The number of nitrogens with one attached hydrogen (secondary N) is 2. The van der Waals surface area contributed by atoms with Gasteiger partial charge >= 0.3 is 0 Å². The second kappa shape index (κ2) is 12.3. The fourth-order valence-electron chi connectivity index (χ4n) is 4.96. The van der Waals surface area contributed by atoms with Crippen LogP contribution in [0, 0.1) is 0 Å². The van der Waals surface area contributed by atoms with Gasteiger partial charge in [0, 0.05) is 44.0 Å². The van der Waals surface area contributed by atoms with E-state index in [1.807, 2.05) is 43.3 Å². The second-order valence-corrected chi connectivity index (χ2v) is 10.3. The summed E-state index contributed by atoms with van der Waals surface area (Å²) >= 11 is 0. The van der Waals surface area contributed by atoms with Gasteiger partial charge in [0.1, 0.15) is 6.10 Å². The van der Waals surface area contributed by atoms with E-state index in [0.717, 1.165) is 11.3 Å². The monoisotopic (exact) mass is 574 g/mol. The van der Waals surface area contributed by atoms with Crippen LogP contribution in [0.25, 0.3) is 0 Å². The summed E-state index contributed by atoms with van der Waals surface area (Å²) in [5.74, 6) is 0.673. The fraction of sp³-hybridized carbons (Fsp3) is 0.323. The molecule has 3 aliphatic rings. The number of anilines is 1. The number of rotatable bonds is 4. The summed E-state index contributed by atoms with van der Waals surface area (Å²) in [5.41, 5.74) is 2.55. The molecule has 220 valence electrons. The summed E-state index contributed by atoms with van der Waals surface area (Å²) in [7, 11) is 6.84. The number of amides is 3. The van der Waals surface area contributed by atoms with Crippen molar-refractivity contribution in [1.82, 2.24) is 15.5 Å². The van der Waals surface area contributed by atoms with Crippen molar-refractivity contribution in [3.8, 4) is 23.0 Å². The van der Waals surface area contributed by atoms with Gasteiger partial charge in [0.2, 0.25) is 0 Å². The van der Waals surface area contributed by atoms with Crippen LogP contribution in [0.4, 0.5) is 5.69 Å². The second-order valence-electron chi connectivity index (χ2n) is 10.3. The van der Waals surface area contributed by atoms with Crippen molar-refractivity contribution in [1.29, 1.82) is 0 Å². The third-order valence-corrected chi connectivity index (χ3v) is 7.26. The molecule has 0 radical (unpaired) electrons. The zero-order chi connectivity index (χ0) is 29.8. The molecule has 1 saturated heterocycles. The van der Waals surface area contributed by atoms with Gasteiger partial charge in [-0.15, -0.1) is 0 Å². The third kappa shape index (κ3) is 6.19. The highest BCUT2D eigenvalue weighted by atomic mass is 16.5. The molecule has 6 rings (SSSR count). The molecule has 4 bridgehead atoms. The summed E-state index contributed by atoms with van der Waals surface area (Å²) in [6.45, 7) is 0.459. The lowest BCUT2D eigenvalue weighted by atomic mass is 10.1. The lowest BCUT2D eigenvalue weighted by Crippen LogP contribution is -2.45. The van der Waals surface area contributed by atoms with Gasteiger partial charge in [0.15, 0.2) is 29.6 Å². The molecular weight excluding hydrogens is 540 g/mol.